The van der Waals surface area contributed by atoms with E-state index in [9.17, 15) is 0 Å². The molecule has 2 atom stereocenters. The summed E-state index contributed by atoms with van der Waals surface area (Å²) in [6.07, 6.45) is 3.77. The third-order valence-corrected chi connectivity index (χ3v) is 3.85. The highest BCUT2D eigenvalue weighted by Gasteiger charge is 2.25. The molecule has 2 unspecified atom stereocenters. The molecule has 0 aromatic heterocycles. The van der Waals surface area contributed by atoms with E-state index in [4.69, 9.17) is 0 Å². The molecule has 1 fully saturated rings. The lowest BCUT2D eigenvalue weighted by Gasteiger charge is -2.33. The fraction of sp³-hybridized carbons (Fsp3) is 0.600. The first-order valence-electron chi connectivity index (χ1n) is 6.80. The van der Waals surface area contributed by atoms with Crippen LogP contribution in [0.5, 0.6) is 0 Å². The lowest BCUT2D eigenvalue weighted by molar-refractivity contribution is 0.174. The Morgan fingerprint density at radius 1 is 1.35 bits per heavy atom. The minimum Gasteiger partial charge on any atom is -0.315 e. The molecule has 94 valence electrons. The van der Waals surface area contributed by atoms with Gasteiger partial charge in [-0.3, -0.25) is 4.90 Å². The van der Waals surface area contributed by atoms with E-state index in [0.717, 1.165) is 6.54 Å². The molecular weight excluding hydrogens is 208 g/mol. The summed E-state index contributed by atoms with van der Waals surface area (Å²) < 4.78 is 0. The van der Waals surface area contributed by atoms with Crippen LogP contribution in [-0.2, 0) is 0 Å². The number of nitrogens with one attached hydrogen (secondary N) is 1. The first-order valence-corrected chi connectivity index (χ1v) is 6.80. The predicted octanol–water partition coefficient (Wildman–Crippen LogP) is 2.82. The van der Waals surface area contributed by atoms with Crippen LogP contribution in [0.2, 0.25) is 0 Å². The molecule has 2 nitrogen and oxygen atoms in total. The van der Waals surface area contributed by atoms with E-state index in [1.807, 2.05) is 0 Å². The summed E-state index contributed by atoms with van der Waals surface area (Å²) in [7, 11) is 2.28. The van der Waals surface area contributed by atoms with E-state index < -0.39 is 0 Å². The molecule has 2 heteroatoms. The van der Waals surface area contributed by atoms with Gasteiger partial charge in [-0.15, -0.1) is 0 Å². The topological polar surface area (TPSA) is 15.3 Å². The van der Waals surface area contributed by atoms with Gasteiger partial charge in [0.1, 0.15) is 0 Å². The molecule has 1 aliphatic rings. The molecule has 1 aliphatic heterocycles. The number of benzene rings is 1. The van der Waals surface area contributed by atoms with Crippen molar-refractivity contribution in [1.82, 2.24) is 10.2 Å². The van der Waals surface area contributed by atoms with Crippen LogP contribution in [0.3, 0.4) is 0 Å². The van der Waals surface area contributed by atoms with Crippen molar-refractivity contribution in [2.24, 2.45) is 0 Å². The van der Waals surface area contributed by atoms with Crippen LogP contribution >= 0.6 is 0 Å². The molecule has 0 radical (unpaired) electrons. The molecule has 0 bridgehead atoms. The van der Waals surface area contributed by atoms with Crippen molar-refractivity contribution in [2.45, 2.75) is 38.3 Å². The fourth-order valence-corrected chi connectivity index (χ4v) is 2.80. The fourth-order valence-electron chi connectivity index (χ4n) is 2.80. The highest BCUT2D eigenvalue weighted by molar-refractivity contribution is 5.19. The van der Waals surface area contributed by atoms with E-state index in [1.54, 1.807) is 0 Å². The lowest BCUT2D eigenvalue weighted by atomic mass is 9.99. The smallest absolute Gasteiger partial charge is 0.0348 e. The molecule has 1 aromatic rings. The Kier molecular flexibility index (Phi) is 4.57. The summed E-state index contributed by atoms with van der Waals surface area (Å²) in [5.41, 5.74) is 1.46. The van der Waals surface area contributed by atoms with E-state index in [1.165, 1.54) is 31.4 Å². The van der Waals surface area contributed by atoms with Gasteiger partial charge in [-0.1, -0.05) is 43.7 Å². The summed E-state index contributed by atoms with van der Waals surface area (Å²) in [6.45, 7) is 4.59. The van der Waals surface area contributed by atoms with Gasteiger partial charge in [-0.05, 0) is 32.0 Å². The quantitative estimate of drug-likeness (QED) is 0.840. The van der Waals surface area contributed by atoms with Crippen LogP contribution < -0.4 is 5.32 Å². The van der Waals surface area contributed by atoms with Crippen molar-refractivity contribution >= 4 is 0 Å². The first kappa shape index (κ1) is 12.6. The third kappa shape index (κ3) is 3.08. The van der Waals surface area contributed by atoms with Gasteiger partial charge in [0.05, 0.1) is 0 Å². The number of hydrogen-bond donors (Lipinski definition) is 1. The van der Waals surface area contributed by atoms with E-state index in [0.29, 0.717) is 12.1 Å². The van der Waals surface area contributed by atoms with Crippen LogP contribution in [-0.4, -0.2) is 31.1 Å². The Morgan fingerprint density at radius 3 is 2.71 bits per heavy atom. The van der Waals surface area contributed by atoms with Crippen molar-refractivity contribution in [3.63, 3.8) is 0 Å². The summed E-state index contributed by atoms with van der Waals surface area (Å²) in [5, 5.41) is 3.46. The Hall–Kier alpha value is -0.860. The maximum atomic E-state index is 3.46. The maximum Gasteiger partial charge on any atom is 0.0348 e. The average molecular weight is 232 g/mol. The second-order valence-corrected chi connectivity index (χ2v) is 5.03. The highest BCUT2D eigenvalue weighted by Crippen LogP contribution is 2.27. The van der Waals surface area contributed by atoms with E-state index in [-0.39, 0.29) is 0 Å². The number of likely N-dealkylation sites (N-methyl/N-ethyl adjacent to an activating group) is 1. The molecule has 0 spiro atoms. The number of rotatable bonds is 5. The van der Waals surface area contributed by atoms with Crippen molar-refractivity contribution in [3.8, 4) is 0 Å². The molecule has 0 aliphatic carbocycles. The third-order valence-electron chi connectivity index (χ3n) is 3.85. The molecule has 0 amide bonds. The van der Waals surface area contributed by atoms with Gasteiger partial charge in [-0.25, -0.2) is 0 Å². The van der Waals surface area contributed by atoms with Gasteiger partial charge in [-0.2, -0.15) is 0 Å². The Balaban J connectivity index is 2.10. The summed E-state index contributed by atoms with van der Waals surface area (Å²) in [5.74, 6) is 0. The molecule has 1 N–H and O–H groups in total. The Morgan fingerprint density at radius 2 is 2.12 bits per heavy atom. The monoisotopic (exact) mass is 232 g/mol. The Labute approximate surface area is 105 Å². The first-order chi connectivity index (χ1) is 8.33. The minimum atomic E-state index is 0.575. The van der Waals surface area contributed by atoms with Gasteiger partial charge in [0.2, 0.25) is 0 Å². The minimum absolute atomic E-state index is 0.575. The molecule has 2 rings (SSSR count). The standard InChI is InChI=1S/C15H24N2/c1-3-7-15(13-8-5-4-6-9-13)17(2)14-10-11-16-12-14/h4-6,8-9,14-16H,3,7,10-12H2,1-2H3. The zero-order valence-corrected chi connectivity index (χ0v) is 11.0. The molecule has 1 saturated heterocycles. The van der Waals surface area contributed by atoms with Gasteiger partial charge < -0.3 is 5.32 Å². The van der Waals surface area contributed by atoms with Crippen LogP contribution in [0, 0.1) is 0 Å². The summed E-state index contributed by atoms with van der Waals surface area (Å²) in [4.78, 5) is 2.57. The van der Waals surface area contributed by atoms with Gasteiger partial charge in [0, 0.05) is 18.6 Å². The zero-order valence-electron chi connectivity index (χ0n) is 11.0. The lowest BCUT2D eigenvalue weighted by Crippen LogP contribution is -2.36. The van der Waals surface area contributed by atoms with Crippen molar-refractivity contribution < 1.29 is 0 Å². The van der Waals surface area contributed by atoms with Crippen LogP contribution in [0.4, 0.5) is 0 Å². The second-order valence-electron chi connectivity index (χ2n) is 5.03. The molecule has 0 saturated carbocycles. The number of nitrogens with zero attached hydrogens (tertiary/aromatic N) is 1. The zero-order chi connectivity index (χ0) is 12.1. The summed E-state index contributed by atoms with van der Waals surface area (Å²) in [6, 6.07) is 12.2. The van der Waals surface area contributed by atoms with Crippen LogP contribution in [0.25, 0.3) is 0 Å². The van der Waals surface area contributed by atoms with E-state index >= 15 is 0 Å². The SMILES string of the molecule is CCCC(c1ccccc1)N(C)C1CCNC1. The predicted molar refractivity (Wildman–Crippen MR) is 73.1 cm³/mol. The largest absolute Gasteiger partial charge is 0.315 e. The maximum absolute atomic E-state index is 3.46. The molecule has 1 heterocycles. The van der Waals surface area contributed by atoms with Crippen molar-refractivity contribution in [2.75, 3.05) is 20.1 Å². The van der Waals surface area contributed by atoms with Gasteiger partial charge in [0.15, 0.2) is 0 Å². The number of hydrogen-bond acceptors (Lipinski definition) is 2. The Bertz CT molecular complexity index is 317. The molecular formula is C15H24N2. The van der Waals surface area contributed by atoms with Gasteiger partial charge in [0.25, 0.3) is 0 Å². The van der Waals surface area contributed by atoms with Gasteiger partial charge >= 0.3 is 0 Å². The van der Waals surface area contributed by atoms with Crippen molar-refractivity contribution in [1.29, 1.82) is 0 Å². The second kappa shape index (κ2) is 6.18. The summed E-state index contributed by atoms with van der Waals surface area (Å²) >= 11 is 0. The highest BCUT2D eigenvalue weighted by atomic mass is 15.2. The molecule has 17 heavy (non-hydrogen) atoms. The molecule has 1 aromatic carbocycles. The average Bonchev–Trinajstić information content (AvgIpc) is 2.90. The normalized spacial score (nSPS) is 21.9. The van der Waals surface area contributed by atoms with E-state index in [2.05, 4.69) is 54.5 Å². The van der Waals surface area contributed by atoms with Crippen molar-refractivity contribution in [3.05, 3.63) is 35.9 Å². The van der Waals surface area contributed by atoms with Crippen LogP contribution in [0.1, 0.15) is 37.8 Å². The van der Waals surface area contributed by atoms with Crippen LogP contribution in [0.15, 0.2) is 30.3 Å².